The van der Waals surface area contributed by atoms with E-state index in [9.17, 15) is 17.6 Å². The lowest BCUT2D eigenvalue weighted by Gasteiger charge is -2.30. The van der Waals surface area contributed by atoms with Gasteiger partial charge in [0, 0.05) is 37.3 Å². The zero-order valence-electron chi connectivity index (χ0n) is 24.1. The van der Waals surface area contributed by atoms with Crippen LogP contribution in [0.15, 0.2) is 90.2 Å². The first-order valence-electron chi connectivity index (χ1n) is 14.1. The van der Waals surface area contributed by atoms with Gasteiger partial charge in [-0.15, -0.1) is 0 Å². The third-order valence-corrected chi connectivity index (χ3v) is 8.99. The lowest BCUT2D eigenvalue weighted by molar-refractivity contribution is 0.0319. The van der Waals surface area contributed by atoms with Crippen molar-refractivity contribution < 1.29 is 27.1 Å². The van der Waals surface area contributed by atoms with Gasteiger partial charge in [0.25, 0.3) is 5.91 Å². The van der Waals surface area contributed by atoms with Gasteiger partial charge in [-0.2, -0.15) is 0 Å². The second kappa shape index (κ2) is 13.9. The summed E-state index contributed by atoms with van der Waals surface area (Å²) in [5.41, 5.74) is 1.94. The third-order valence-electron chi connectivity index (χ3n) is 7.41. The number of imidazole rings is 1. The van der Waals surface area contributed by atoms with Gasteiger partial charge in [-0.3, -0.25) is 9.69 Å². The maximum absolute atomic E-state index is 14.4. The molecule has 1 aromatic heterocycles. The molecule has 9 nitrogen and oxygen atoms in total. The van der Waals surface area contributed by atoms with Crippen molar-refractivity contribution in [3.63, 3.8) is 0 Å². The number of carbonyl (C=O) groups is 1. The summed E-state index contributed by atoms with van der Waals surface area (Å²) in [4.78, 5) is 22.2. The standard InChI is InChI=1S/C32H35FN4O5S/c1-41-29-12-7-11-26(20-29)31(38)36(15-14-35-16-18-42-19-17-35)23-28-21-34-32(37(28)22-25-8-3-2-4-9-25)43(39,40)24-27-10-5-6-13-30(27)33/h2-13,20-21H,14-19,22-24H2,1H3. The van der Waals surface area contributed by atoms with Gasteiger partial charge in [-0.1, -0.05) is 54.6 Å². The molecule has 0 atom stereocenters. The molecule has 43 heavy (non-hydrogen) atoms. The molecule has 0 saturated carbocycles. The van der Waals surface area contributed by atoms with Gasteiger partial charge in [-0.25, -0.2) is 17.8 Å². The van der Waals surface area contributed by atoms with Crippen molar-refractivity contribution in [2.24, 2.45) is 0 Å². The molecule has 1 aliphatic rings. The molecule has 226 valence electrons. The number of methoxy groups -OCH3 is 1. The number of carbonyl (C=O) groups excluding carboxylic acids is 1. The Hall–Kier alpha value is -4.06. The Morgan fingerprint density at radius 3 is 2.51 bits per heavy atom. The van der Waals surface area contributed by atoms with E-state index in [1.807, 2.05) is 30.3 Å². The van der Waals surface area contributed by atoms with Crippen LogP contribution in [0.3, 0.4) is 0 Å². The molecule has 0 radical (unpaired) electrons. The third kappa shape index (κ3) is 7.67. The van der Waals surface area contributed by atoms with Gasteiger partial charge < -0.3 is 18.9 Å². The Morgan fingerprint density at radius 1 is 1.02 bits per heavy atom. The van der Waals surface area contributed by atoms with E-state index in [2.05, 4.69) is 9.88 Å². The minimum absolute atomic E-state index is 0.0682. The van der Waals surface area contributed by atoms with E-state index in [1.54, 1.807) is 46.9 Å². The molecule has 4 aromatic rings. The summed E-state index contributed by atoms with van der Waals surface area (Å²) in [6, 6.07) is 22.2. The highest BCUT2D eigenvalue weighted by molar-refractivity contribution is 7.90. The molecule has 0 bridgehead atoms. The largest absolute Gasteiger partial charge is 0.497 e. The molecule has 0 N–H and O–H groups in total. The average molecular weight is 607 g/mol. The Labute approximate surface area is 251 Å². The van der Waals surface area contributed by atoms with Crippen LogP contribution in [0.5, 0.6) is 5.75 Å². The summed E-state index contributed by atoms with van der Waals surface area (Å²) in [5.74, 6) is -0.773. The van der Waals surface area contributed by atoms with Crippen molar-refractivity contribution in [1.29, 1.82) is 0 Å². The van der Waals surface area contributed by atoms with Crippen LogP contribution in [0.2, 0.25) is 0 Å². The lowest BCUT2D eigenvalue weighted by atomic mass is 10.1. The SMILES string of the molecule is COc1cccc(C(=O)N(CCN2CCOCC2)Cc2cnc(S(=O)(=O)Cc3ccccc3F)n2Cc2ccccc2)c1. The molecule has 2 heterocycles. The number of ether oxygens (including phenoxy) is 2. The fraction of sp³-hybridized carbons (Fsp3) is 0.312. The van der Waals surface area contributed by atoms with Crippen molar-refractivity contribution in [1.82, 2.24) is 19.4 Å². The monoisotopic (exact) mass is 606 g/mol. The molecule has 5 rings (SSSR count). The number of rotatable bonds is 12. The van der Waals surface area contributed by atoms with Crippen molar-refractivity contribution in [2.45, 2.75) is 24.0 Å². The number of halogens is 1. The van der Waals surface area contributed by atoms with Crippen LogP contribution in [-0.4, -0.2) is 80.2 Å². The first-order valence-corrected chi connectivity index (χ1v) is 15.8. The van der Waals surface area contributed by atoms with Crippen molar-refractivity contribution in [3.8, 4) is 5.75 Å². The van der Waals surface area contributed by atoms with E-state index in [1.165, 1.54) is 24.4 Å². The Morgan fingerprint density at radius 2 is 1.77 bits per heavy atom. The molecule has 1 aliphatic heterocycles. The maximum atomic E-state index is 14.4. The lowest BCUT2D eigenvalue weighted by Crippen LogP contribution is -2.43. The number of hydrogen-bond acceptors (Lipinski definition) is 7. The average Bonchev–Trinajstić information content (AvgIpc) is 3.43. The molecule has 1 fully saturated rings. The fourth-order valence-electron chi connectivity index (χ4n) is 5.06. The normalized spacial score (nSPS) is 14.0. The molecule has 1 saturated heterocycles. The van der Waals surface area contributed by atoms with Gasteiger partial charge in [0.05, 0.1) is 51.1 Å². The number of hydrogen-bond donors (Lipinski definition) is 0. The van der Waals surface area contributed by atoms with Crippen LogP contribution in [-0.2, 0) is 33.4 Å². The Kier molecular flexibility index (Phi) is 9.86. The van der Waals surface area contributed by atoms with E-state index < -0.39 is 21.4 Å². The van der Waals surface area contributed by atoms with Crippen LogP contribution in [0, 0.1) is 5.82 Å². The topological polar surface area (TPSA) is 94.0 Å². The first-order chi connectivity index (χ1) is 20.8. The van der Waals surface area contributed by atoms with Gasteiger partial charge in [0.15, 0.2) is 0 Å². The zero-order valence-corrected chi connectivity index (χ0v) is 24.9. The van der Waals surface area contributed by atoms with E-state index in [0.29, 0.717) is 43.3 Å². The van der Waals surface area contributed by atoms with Gasteiger partial charge in [0.1, 0.15) is 11.6 Å². The van der Waals surface area contributed by atoms with E-state index in [4.69, 9.17) is 9.47 Å². The highest BCUT2D eigenvalue weighted by atomic mass is 32.2. The number of morpholine rings is 1. The summed E-state index contributed by atoms with van der Waals surface area (Å²) in [5, 5.41) is -0.170. The quantitative estimate of drug-likeness (QED) is 0.241. The molecule has 0 aliphatic carbocycles. The van der Waals surface area contributed by atoms with E-state index >= 15 is 0 Å². The van der Waals surface area contributed by atoms with Crippen LogP contribution >= 0.6 is 0 Å². The maximum Gasteiger partial charge on any atom is 0.254 e. The summed E-state index contributed by atoms with van der Waals surface area (Å²) >= 11 is 0. The van der Waals surface area contributed by atoms with Crippen molar-refractivity contribution in [2.75, 3.05) is 46.5 Å². The number of amides is 1. The van der Waals surface area contributed by atoms with Crippen LogP contribution in [0.4, 0.5) is 4.39 Å². The number of nitrogens with zero attached hydrogens (tertiary/aromatic N) is 4. The summed E-state index contributed by atoms with van der Waals surface area (Å²) in [6.45, 7) is 4.18. The minimum atomic E-state index is -4.04. The van der Waals surface area contributed by atoms with Gasteiger partial charge in [0.2, 0.25) is 15.0 Å². The van der Waals surface area contributed by atoms with Crippen molar-refractivity contribution >= 4 is 15.7 Å². The second-order valence-corrected chi connectivity index (χ2v) is 12.3. The number of sulfone groups is 1. The van der Waals surface area contributed by atoms with Crippen LogP contribution in [0.25, 0.3) is 0 Å². The number of benzene rings is 3. The summed E-state index contributed by atoms with van der Waals surface area (Å²) < 4.78 is 54.2. The Balaban J connectivity index is 1.49. The Bertz CT molecular complexity index is 1640. The summed E-state index contributed by atoms with van der Waals surface area (Å²) in [6.07, 6.45) is 1.50. The highest BCUT2D eigenvalue weighted by Crippen LogP contribution is 2.23. The fourth-order valence-corrected chi connectivity index (χ4v) is 6.56. The molecule has 3 aromatic carbocycles. The predicted octanol–water partition coefficient (Wildman–Crippen LogP) is 4.03. The van der Waals surface area contributed by atoms with Crippen LogP contribution in [0.1, 0.15) is 27.2 Å². The minimum Gasteiger partial charge on any atom is -0.497 e. The van der Waals surface area contributed by atoms with E-state index in [0.717, 1.165) is 18.7 Å². The van der Waals surface area contributed by atoms with Crippen molar-refractivity contribution in [3.05, 3.63) is 113 Å². The predicted molar refractivity (Wildman–Crippen MR) is 160 cm³/mol. The second-order valence-electron chi connectivity index (χ2n) is 10.4. The molecule has 1 amide bonds. The summed E-state index contributed by atoms with van der Waals surface area (Å²) in [7, 11) is -2.50. The molecule has 0 unspecified atom stereocenters. The van der Waals surface area contributed by atoms with Gasteiger partial charge in [-0.05, 0) is 29.8 Å². The van der Waals surface area contributed by atoms with Gasteiger partial charge >= 0.3 is 0 Å². The smallest absolute Gasteiger partial charge is 0.254 e. The molecular weight excluding hydrogens is 571 g/mol. The van der Waals surface area contributed by atoms with Crippen LogP contribution < -0.4 is 4.74 Å². The highest BCUT2D eigenvalue weighted by Gasteiger charge is 2.27. The molecular formula is C32H35FN4O5S. The molecule has 0 spiro atoms. The number of aromatic nitrogens is 2. The first kappa shape index (κ1) is 30.4. The zero-order chi connectivity index (χ0) is 30.2. The van der Waals surface area contributed by atoms with E-state index in [-0.39, 0.29) is 29.7 Å². The molecule has 11 heteroatoms.